The highest BCUT2D eigenvalue weighted by atomic mass is 79.9. The summed E-state index contributed by atoms with van der Waals surface area (Å²) in [4.78, 5) is 25.6. The van der Waals surface area contributed by atoms with Crippen molar-refractivity contribution in [2.24, 2.45) is 0 Å². The molecule has 0 unspecified atom stereocenters. The molecular weight excluding hydrogens is 422 g/mol. The van der Waals surface area contributed by atoms with Crippen molar-refractivity contribution in [1.29, 1.82) is 0 Å². The topological polar surface area (TPSA) is 66.4 Å². The maximum absolute atomic E-state index is 12.3. The van der Waals surface area contributed by atoms with Crippen molar-refractivity contribution >= 4 is 60.8 Å². The zero-order valence-electron chi connectivity index (χ0n) is 11.2. The van der Waals surface area contributed by atoms with Gasteiger partial charge in [-0.15, -0.1) is 11.3 Å². The molecule has 2 rings (SSSR count). The normalized spacial score (nSPS) is 10.5. The summed E-state index contributed by atoms with van der Waals surface area (Å²) in [6.07, 6.45) is 0. The van der Waals surface area contributed by atoms with Crippen LogP contribution >= 0.6 is 43.2 Å². The molecule has 0 spiro atoms. The zero-order chi connectivity index (χ0) is 15.7. The van der Waals surface area contributed by atoms with Gasteiger partial charge in [0.25, 0.3) is 5.91 Å². The van der Waals surface area contributed by atoms with Gasteiger partial charge < -0.3 is 10.4 Å². The highest BCUT2D eigenvalue weighted by Crippen LogP contribution is 2.32. The Morgan fingerprint density at radius 1 is 1.14 bits per heavy atom. The van der Waals surface area contributed by atoms with E-state index >= 15 is 0 Å². The van der Waals surface area contributed by atoms with Gasteiger partial charge in [-0.3, -0.25) is 4.79 Å². The monoisotopic (exact) mass is 431 g/mol. The van der Waals surface area contributed by atoms with Crippen LogP contribution in [0.15, 0.2) is 27.1 Å². The second-order valence-electron chi connectivity index (χ2n) is 4.40. The zero-order valence-corrected chi connectivity index (χ0v) is 15.1. The Kier molecular flexibility index (Phi) is 4.85. The van der Waals surface area contributed by atoms with E-state index in [0.717, 1.165) is 9.75 Å². The number of hydrogen-bond acceptors (Lipinski definition) is 3. The molecule has 0 atom stereocenters. The van der Waals surface area contributed by atoms with Gasteiger partial charge in [0.15, 0.2) is 0 Å². The molecule has 1 aromatic heterocycles. The summed E-state index contributed by atoms with van der Waals surface area (Å²) < 4.78 is 1.12. The van der Waals surface area contributed by atoms with Gasteiger partial charge in [0.2, 0.25) is 0 Å². The average Bonchev–Trinajstić information content (AvgIpc) is 2.71. The molecule has 1 heterocycles. The summed E-state index contributed by atoms with van der Waals surface area (Å²) >= 11 is 8.05. The lowest BCUT2D eigenvalue weighted by Gasteiger charge is -2.11. The number of aryl methyl sites for hydroxylation is 2. The van der Waals surface area contributed by atoms with Gasteiger partial charge in [0.1, 0.15) is 0 Å². The molecule has 2 N–H and O–H groups in total. The van der Waals surface area contributed by atoms with E-state index in [2.05, 4.69) is 37.2 Å². The molecular formula is C14H11Br2NO3S. The Hall–Kier alpha value is -1.18. The predicted molar refractivity (Wildman–Crippen MR) is 90.5 cm³/mol. The van der Waals surface area contributed by atoms with Crippen molar-refractivity contribution in [3.8, 4) is 0 Å². The number of rotatable bonds is 3. The molecule has 0 radical (unpaired) electrons. The number of amides is 1. The fraction of sp³-hybridized carbons (Fsp3) is 0.143. The Morgan fingerprint density at radius 3 is 2.33 bits per heavy atom. The summed E-state index contributed by atoms with van der Waals surface area (Å²) in [6, 6.07) is 4.94. The number of halogens is 2. The number of carboxylic acids is 1. The Morgan fingerprint density at radius 2 is 1.81 bits per heavy atom. The largest absolute Gasteiger partial charge is 0.478 e. The third kappa shape index (κ3) is 3.53. The number of hydrogen-bond donors (Lipinski definition) is 2. The summed E-state index contributed by atoms with van der Waals surface area (Å²) in [5.74, 6) is -1.42. The summed E-state index contributed by atoms with van der Waals surface area (Å²) in [5, 5.41) is 11.9. The van der Waals surface area contributed by atoms with E-state index in [1.165, 1.54) is 17.4 Å². The molecule has 110 valence electrons. The van der Waals surface area contributed by atoms with Crippen molar-refractivity contribution < 1.29 is 14.7 Å². The molecule has 21 heavy (non-hydrogen) atoms. The standard InChI is InChI=1S/C14H11Br2NO3S/c1-6-3-9(7(2)21-6)13(18)17-12-10(14(19)20)4-8(15)5-11(12)16/h3-5H,1-2H3,(H,17,18)(H,19,20). The SMILES string of the molecule is Cc1cc(C(=O)Nc2c(Br)cc(Br)cc2C(=O)O)c(C)s1. The van der Waals surface area contributed by atoms with Crippen LogP contribution in [-0.2, 0) is 0 Å². The summed E-state index contributed by atoms with van der Waals surface area (Å²) in [7, 11) is 0. The number of aromatic carboxylic acids is 1. The van der Waals surface area contributed by atoms with Crippen molar-refractivity contribution in [1.82, 2.24) is 0 Å². The van der Waals surface area contributed by atoms with Crippen molar-refractivity contribution in [2.45, 2.75) is 13.8 Å². The van der Waals surface area contributed by atoms with Crippen molar-refractivity contribution in [2.75, 3.05) is 5.32 Å². The van der Waals surface area contributed by atoms with E-state index in [1.54, 1.807) is 12.1 Å². The van der Waals surface area contributed by atoms with Gasteiger partial charge in [0.05, 0.1) is 16.8 Å². The quantitative estimate of drug-likeness (QED) is 0.729. The maximum Gasteiger partial charge on any atom is 0.337 e. The number of carbonyl (C=O) groups is 2. The first kappa shape index (κ1) is 16.2. The lowest BCUT2D eigenvalue weighted by atomic mass is 10.1. The van der Waals surface area contributed by atoms with Crippen LogP contribution < -0.4 is 5.32 Å². The van der Waals surface area contributed by atoms with E-state index in [1.807, 2.05) is 13.8 Å². The lowest BCUT2D eigenvalue weighted by molar-refractivity contribution is 0.0698. The van der Waals surface area contributed by atoms with E-state index in [0.29, 0.717) is 14.5 Å². The van der Waals surface area contributed by atoms with Crippen LogP contribution in [0.3, 0.4) is 0 Å². The van der Waals surface area contributed by atoms with E-state index < -0.39 is 5.97 Å². The first-order valence-electron chi connectivity index (χ1n) is 5.90. The molecule has 1 amide bonds. The molecule has 1 aromatic carbocycles. The van der Waals surface area contributed by atoms with Crippen LogP contribution in [0.5, 0.6) is 0 Å². The molecule has 0 saturated carbocycles. The number of benzene rings is 1. The highest BCUT2D eigenvalue weighted by Gasteiger charge is 2.19. The Balaban J connectivity index is 2.42. The molecule has 2 aromatic rings. The minimum atomic E-state index is -1.11. The van der Waals surface area contributed by atoms with Crippen molar-refractivity contribution in [3.05, 3.63) is 48.0 Å². The molecule has 7 heteroatoms. The van der Waals surface area contributed by atoms with Crippen LogP contribution in [0.1, 0.15) is 30.5 Å². The highest BCUT2D eigenvalue weighted by molar-refractivity contribution is 9.11. The molecule has 4 nitrogen and oxygen atoms in total. The smallest absolute Gasteiger partial charge is 0.337 e. The fourth-order valence-electron chi connectivity index (χ4n) is 1.91. The number of anilines is 1. The van der Waals surface area contributed by atoms with E-state index in [-0.39, 0.29) is 17.2 Å². The molecule has 0 bridgehead atoms. The molecule has 0 fully saturated rings. The van der Waals surface area contributed by atoms with E-state index in [4.69, 9.17) is 0 Å². The third-order valence-corrected chi connectivity index (χ3v) is 4.86. The number of carboxylic acid groups (broad SMARTS) is 1. The van der Waals surface area contributed by atoms with E-state index in [9.17, 15) is 14.7 Å². The lowest BCUT2D eigenvalue weighted by Crippen LogP contribution is -2.15. The fourth-order valence-corrected chi connectivity index (χ4v) is 4.15. The van der Waals surface area contributed by atoms with Gasteiger partial charge in [-0.05, 0) is 48.0 Å². The molecule has 0 aliphatic heterocycles. The second kappa shape index (κ2) is 6.29. The predicted octanol–water partition coefficient (Wildman–Crippen LogP) is 4.84. The molecule has 0 saturated heterocycles. The van der Waals surface area contributed by atoms with Crippen molar-refractivity contribution in [3.63, 3.8) is 0 Å². The minimum absolute atomic E-state index is 0.0224. The van der Waals surface area contributed by atoms with Crippen LogP contribution in [0.4, 0.5) is 5.69 Å². The Labute approximate surface area is 142 Å². The van der Waals surface area contributed by atoms with Crippen LogP contribution in [0, 0.1) is 13.8 Å². The maximum atomic E-state index is 12.3. The first-order valence-corrected chi connectivity index (χ1v) is 8.30. The molecule has 0 aliphatic rings. The Bertz CT molecular complexity index is 740. The van der Waals surface area contributed by atoms with Crippen LogP contribution in [0.2, 0.25) is 0 Å². The van der Waals surface area contributed by atoms with Gasteiger partial charge in [0, 0.05) is 18.7 Å². The second-order valence-corrected chi connectivity index (χ2v) is 7.63. The summed E-state index contributed by atoms with van der Waals surface area (Å²) in [6.45, 7) is 3.79. The van der Waals surface area contributed by atoms with Crippen LogP contribution in [0.25, 0.3) is 0 Å². The van der Waals surface area contributed by atoms with Gasteiger partial charge >= 0.3 is 5.97 Å². The number of carbonyl (C=O) groups excluding carboxylic acids is 1. The number of thiophene rings is 1. The molecule has 0 aliphatic carbocycles. The first-order chi connectivity index (χ1) is 9.79. The summed E-state index contributed by atoms with van der Waals surface area (Å²) in [5.41, 5.74) is 0.830. The van der Waals surface area contributed by atoms with Gasteiger partial charge in [-0.2, -0.15) is 0 Å². The van der Waals surface area contributed by atoms with Crippen LogP contribution in [-0.4, -0.2) is 17.0 Å². The van der Waals surface area contributed by atoms with Gasteiger partial charge in [-0.25, -0.2) is 4.79 Å². The van der Waals surface area contributed by atoms with Gasteiger partial charge in [-0.1, -0.05) is 15.9 Å². The number of nitrogens with one attached hydrogen (secondary N) is 1. The third-order valence-electron chi connectivity index (χ3n) is 2.81. The minimum Gasteiger partial charge on any atom is -0.478 e. The average molecular weight is 433 g/mol.